The molecule has 0 aromatic rings. The molecule has 0 aromatic heterocycles. The summed E-state index contributed by atoms with van der Waals surface area (Å²) in [5, 5.41) is 1.05. The number of hydrogen-bond acceptors (Lipinski definition) is 2. The molecule has 1 fully saturated rings. The number of hydrogen-bond donors (Lipinski definition) is 0. The van der Waals surface area contributed by atoms with Gasteiger partial charge in [0.2, 0.25) is 0 Å². The quantitative estimate of drug-likeness (QED) is 0.627. The van der Waals surface area contributed by atoms with E-state index < -0.39 is 0 Å². The smallest absolute Gasteiger partial charge is 0.192 e. The van der Waals surface area contributed by atoms with Gasteiger partial charge in [0.05, 0.1) is 0 Å². The van der Waals surface area contributed by atoms with Crippen molar-refractivity contribution in [3.8, 4) is 0 Å². The van der Waals surface area contributed by atoms with E-state index in [2.05, 4.69) is 13.8 Å². The van der Waals surface area contributed by atoms with Gasteiger partial charge in [-0.2, -0.15) is 0 Å². The molecule has 0 N–H and O–H groups in total. The minimum atomic E-state index is 0.321. The van der Waals surface area contributed by atoms with Crippen molar-refractivity contribution in [1.82, 2.24) is 0 Å². The van der Waals surface area contributed by atoms with Crippen LogP contribution in [0.25, 0.3) is 0 Å². The molecule has 1 rings (SSSR count). The molecule has 2 unspecified atom stereocenters. The number of thioether (sulfide) groups is 1. The average Bonchev–Trinajstić information content (AvgIpc) is 2.32. The Balaban J connectivity index is 2.14. The lowest BCUT2D eigenvalue weighted by Gasteiger charge is -2.05. The van der Waals surface area contributed by atoms with Gasteiger partial charge in [-0.05, 0) is 12.8 Å². The number of carbonyl (C=O) groups excluding carboxylic acids is 1. The van der Waals surface area contributed by atoms with E-state index in [1.807, 2.05) is 0 Å². The second-order valence-corrected chi connectivity index (χ2v) is 5.00. The maximum atomic E-state index is 11.2. The molecule has 0 saturated carbocycles. The van der Waals surface area contributed by atoms with Crippen molar-refractivity contribution < 1.29 is 4.79 Å². The summed E-state index contributed by atoms with van der Waals surface area (Å²) < 4.78 is 0. The average molecular weight is 186 g/mol. The lowest BCUT2D eigenvalue weighted by Crippen LogP contribution is -1.99. The van der Waals surface area contributed by atoms with E-state index in [0.717, 1.165) is 6.42 Å². The third kappa shape index (κ3) is 2.81. The number of rotatable bonds is 4. The molecule has 1 aliphatic heterocycles. The highest BCUT2D eigenvalue weighted by atomic mass is 32.2. The third-order valence-corrected chi connectivity index (χ3v) is 3.83. The van der Waals surface area contributed by atoms with Crippen LogP contribution in [0, 0.1) is 5.92 Å². The van der Waals surface area contributed by atoms with Crippen LogP contribution in [0.3, 0.4) is 0 Å². The lowest BCUT2D eigenvalue weighted by molar-refractivity contribution is -0.113. The Hall–Kier alpha value is 0.0200. The first-order valence-corrected chi connectivity index (χ1v) is 5.82. The van der Waals surface area contributed by atoms with E-state index in [4.69, 9.17) is 0 Å². The van der Waals surface area contributed by atoms with E-state index in [1.165, 1.54) is 25.7 Å². The molecule has 0 aromatic carbocycles. The number of carbonyl (C=O) groups is 1. The summed E-state index contributed by atoms with van der Waals surface area (Å²) >= 11 is 1.59. The Morgan fingerprint density at radius 3 is 2.75 bits per heavy atom. The molecule has 12 heavy (non-hydrogen) atoms. The molecule has 0 spiro atoms. The monoisotopic (exact) mass is 186 g/mol. The molecule has 1 heterocycles. The molecular weight excluding hydrogens is 168 g/mol. The molecule has 1 aliphatic rings. The summed E-state index contributed by atoms with van der Waals surface area (Å²) in [6.45, 7) is 4.27. The highest BCUT2D eigenvalue weighted by Crippen LogP contribution is 2.35. The molecule has 0 bridgehead atoms. The Morgan fingerprint density at radius 2 is 2.25 bits per heavy atom. The van der Waals surface area contributed by atoms with Crippen molar-refractivity contribution in [3.05, 3.63) is 0 Å². The summed E-state index contributed by atoms with van der Waals surface area (Å²) in [6, 6.07) is 0. The van der Waals surface area contributed by atoms with Crippen LogP contribution in [0.2, 0.25) is 0 Å². The van der Waals surface area contributed by atoms with Crippen molar-refractivity contribution in [2.45, 2.75) is 51.2 Å². The summed E-state index contributed by atoms with van der Waals surface area (Å²) in [5.74, 6) is 0.321. The zero-order valence-corrected chi connectivity index (χ0v) is 8.82. The molecule has 0 radical (unpaired) electrons. The largest absolute Gasteiger partial charge is 0.287 e. The van der Waals surface area contributed by atoms with Crippen LogP contribution in [0.15, 0.2) is 0 Å². The maximum Gasteiger partial charge on any atom is 0.192 e. The normalized spacial score (nSPS) is 29.7. The summed E-state index contributed by atoms with van der Waals surface area (Å²) in [7, 11) is 0. The van der Waals surface area contributed by atoms with Crippen LogP contribution in [0.4, 0.5) is 0 Å². The Bertz CT molecular complexity index is 156. The topological polar surface area (TPSA) is 17.1 Å². The summed E-state index contributed by atoms with van der Waals surface area (Å²) in [5.41, 5.74) is 0. The van der Waals surface area contributed by atoms with Gasteiger partial charge in [0.15, 0.2) is 5.12 Å². The fourth-order valence-electron chi connectivity index (χ4n) is 1.62. The van der Waals surface area contributed by atoms with Gasteiger partial charge in [-0.3, -0.25) is 4.79 Å². The van der Waals surface area contributed by atoms with Gasteiger partial charge >= 0.3 is 0 Å². The molecule has 2 atom stereocenters. The SMILES string of the molecule is CCCCCC1CC(C)C(=O)S1. The van der Waals surface area contributed by atoms with Crippen LogP contribution in [-0.2, 0) is 4.79 Å². The van der Waals surface area contributed by atoms with E-state index in [0.29, 0.717) is 16.3 Å². The van der Waals surface area contributed by atoms with Crippen LogP contribution in [0.5, 0.6) is 0 Å². The fraction of sp³-hybridized carbons (Fsp3) is 0.900. The van der Waals surface area contributed by atoms with Crippen LogP contribution >= 0.6 is 11.8 Å². The predicted octanol–water partition coefficient (Wildman–Crippen LogP) is 3.23. The first-order chi connectivity index (χ1) is 5.74. The van der Waals surface area contributed by atoms with Crippen molar-refractivity contribution in [1.29, 1.82) is 0 Å². The van der Waals surface area contributed by atoms with Crippen LogP contribution in [-0.4, -0.2) is 10.4 Å². The Kier molecular flexibility index (Phi) is 4.13. The minimum Gasteiger partial charge on any atom is -0.287 e. The first-order valence-electron chi connectivity index (χ1n) is 4.94. The van der Waals surface area contributed by atoms with Crippen LogP contribution in [0.1, 0.15) is 46.0 Å². The van der Waals surface area contributed by atoms with Crippen molar-refractivity contribution in [3.63, 3.8) is 0 Å². The Morgan fingerprint density at radius 1 is 1.50 bits per heavy atom. The van der Waals surface area contributed by atoms with Gasteiger partial charge in [-0.15, -0.1) is 0 Å². The molecule has 2 heteroatoms. The highest BCUT2D eigenvalue weighted by Gasteiger charge is 2.29. The summed E-state index contributed by atoms with van der Waals surface area (Å²) in [4.78, 5) is 11.2. The fourth-order valence-corrected chi connectivity index (χ4v) is 2.94. The maximum absolute atomic E-state index is 11.2. The molecular formula is C10H18OS. The van der Waals surface area contributed by atoms with Crippen molar-refractivity contribution in [2.75, 3.05) is 0 Å². The van der Waals surface area contributed by atoms with Gasteiger partial charge in [-0.25, -0.2) is 0 Å². The minimum absolute atomic E-state index is 0.321. The standard InChI is InChI=1S/C10H18OS/c1-3-4-5-6-9-7-8(2)10(11)12-9/h8-9H,3-7H2,1-2H3. The summed E-state index contributed by atoms with van der Waals surface area (Å²) in [6.07, 6.45) is 6.26. The second-order valence-electron chi connectivity index (χ2n) is 3.69. The number of unbranched alkanes of at least 4 members (excludes halogenated alkanes) is 2. The zero-order chi connectivity index (χ0) is 8.97. The van der Waals surface area contributed by atoms with Crippen molar-refractivity contribution >= 4 is 16.9 Å². The molecule has 1 nitrogen and oxygen atoms in total. The van der Waals surface area contributed by atoms with Gasteiger partial charge in [-0.1, -0.05) is 44.9 Å². The first kappa shape index (κ1) is 10.1. The molecule has 0 aliphatic carbocycles. The van der Waals surface area contributed by atoms with Gasteiger partial charge in [0, 0.05) is 11.2 Å². The van der Waals surface area contributed by atoms with Gasteiger partial charge < -0.3 is 0 Å². The second kappa shape index (κ2) is 4.90. The van der Waals surface area contributed by atoms with E-state index in [-0.39, 0.29) is 0 Å². The van der Waals surface area contributed by atoms with Crippen molar-refractivity contribution in [2.24, 2.45) is 5.92 Å². The molecule has 1 saturated heterocycles. The van der Waals surface area contributed by atoms with E-state index >= 15 is 0 Å². The van der Waals surface area contributed by atoms with Gasteiger partial charge in [0.1, 0.15) is 0 Å². The lowest BCUT2D eigenvalue weighted by atomic mass is 10.0. The molecule has 0 amide bonds. The van der Waals surface area contributed by atoms with Crippen LogP contribution < -0.4 is 0 Å². The predicted molar refractivity (Wildman–Crippen MR) is 54.3 cm³/mol. The molecule has 70 valence electrons. The van der Waals surface area contributed by atoms with E-state index in [9.17, 15) is 4.79 Å². The van der Waals surface area contributed by atoms with Gasteiger partial charge in [0.25, 0.3) is 0 Å². The highest BCUT2D eigenvalue weighted by molar-refractivity contribution is 8.14. The van der Waals surface area contributed by atoms with E-state index in [1.54, 1.807) is 11.8 Å². The third-order valence-electron chi connectivity index (χ3n) is 2.43. The zero-order valence-electron chi connectivity index (χ0n) is 8.01. The Labute approximate surface area is 79.3 Å².